The molecule has 0 fully saturated rings. The van der Waals surface area contributed by atoms with Crippen molar-refractivity contribution in [2.45, 2.75) is 0 Å². The van der Waals surface area contributed by atoms with E-state index in [9.17, 15) is 0 Å². The summed E-state index contributed by atoms with van der Waals surface area (Å²) >= 11 is 12.3. The quantitative estimate of drug-likeness (QED) is 0.845. The number of anilines is 2. The van der Waals surface area contributed by atoms with Crippen LogP contribution < -0.4 is 9.64 Å². The molecule has 94 valence electrons. The molecular formula is C13H12Cl2N2O. The van der Waals surface area contributed by atoms with E-state index in [1.54, 1.807) is 31.6 Å². The molecule has 0 aliphatic rings. The molecule has 0 N–H and O–H groups in total. The largest absolute Gasteiger partial charge is 0.495 e. The maximum absolute atomic E-state index is 6.25. The Labute approximate surface area is 116 Å². The molecule has 0 amide bonds. The lowest BCUT2D eigenvalue weighted by molar-refractivity contribution is 0.415. The van der Waals surface area contributed by atoms with E-state index in [0.717, 1.165) is 11.4 Å². The lowest BCUT2D eigenvalue weighted by atomic mass is 10.2. The Hall–Kier alpha value is -1.45. The first-order valence-electron chi connectivity index (χ1n) is 5.31. The monoisotopic (exact) mass is 282 g/mol. The van der Waals surface area contributed by atoms with Gasteiger partial charge in [-0.1, -0.05) is 23.2 Å². The van der Waals surface area contributed by atoms with Crippen molar-refractivity contribution in [3.63, 3.8) is 0 Å². The average Bonchev–Trinajstić information content (AvgIpc) is 2.42. The second kappa shape index (κ2) is 5.46. The van der Waals surface area contributed by atoms with Crippen LogP contribution in [0.2, 0.25) is 10.0 Å². The summed E-state index contributed by atoms with van der Waals surface area (Å²) in [6.45, 7) is 0. The Morgan fingerprint density at radius 2 is 1.78 bits per heavy atom. The van der Waals surface area contributed by atoms with Gasteiger partial charge in [0.15, 0.2) is 0 Å². The van der Waals surface area contributed by atoms with Gasteiger partial charge in [0, 0.05) is 25.1 Å². The van der Waals surface area contributed by atoms with Crippen LogP contribution in [-0.2, 0) is 0 Å². The summed E-state index contributed by atoms with van der Waals surface area (Å²) in [5.41, 5.74) is 1.69. The summed E-state index contributed by atoms with van der Waals surface area (Å²) < 4.78 is 5.32. The zero-order chi connectivity index (χ0) is 13.1. The van der Waals surface area contributed by atoms with E-state index >= 15 is 0 Å². The molecule has 1 heterocycles. The normalized spacial score (nSPS) is 10.2. The number of aromatic nitrogens is 1. The standard InChI is InChI=1S/C13H12Cl2N2O/c1-17(9-5-7-16-8-6-9)13-11(18-2)4-3-10(14)12(13)15/h3-8H,1-2H3. The minimum absolute atomic E-state index is 0.468. The number of halogens is 2. The molecule has 2 rings (SSSR count). The summed E-state index contributed by atoms with van der Waals surface area (Å²) in [7, 11) is 3.50. The van der Waals surface area contributed by atoms with Crippen LogP contribution in [0.4, 0.5) is 11.4 Å². The predicted octanol–water partition coefficient (Wildman–Crippen LogP) is 4.16. The van der Waals surface area contributed by atoms with Crippen molar-refractivity contribution in [1.29, 1.82) is 0 Å². The first-order chi connectivity index (χ1) is 8.65. The molecule has 1 aromatic heterocycles. The molecule has 0 aliphatic heterocycles. The topological polar surface area (TPSA) is 25.4 Å². The van der Waals surface area contributed by atoms with Gasteiger partial charge in [-0.15, -0.1) is 0 Å². The Bertz CT molecular complexity index is 546. The highest BCUT2D eigenvalue weighted by atomic mass is 35.5. The minimum Gasteiger partial charge on any atom is -0.495 e. The van der Waals surface area contributed by atoms with Gasteiger partial charge in [0.1, 0.15) is 11.4 Å². The lowest BCUT2D eigenvalue weighted by Crippen LogP contribution is -2.11. The maximum atomic E-state index is 6.25. The number of ether oxygens (including phenoxy) is 1. The van der Waals surface area contributed by atoms with Crippen LogP contribution in [0.5, 0.6) is 5.75 Å². The Morgan fingerprint density at radius 1 is 1.11 bits per heavy atom. The number of benzene rings is 1. The molecule has 0 aliphatic carbocycles. The van der Waals surface area contributed by atoms with E-state index in [4.69, 9.17) is 27.9 Å². The van der Waals surface area contributed by atoms with Crippen LogP contribution in [0, 0.1) is 0 Å². The molecule has 2 aromatic rings. The molecule has 0 radical (unpaired) electrons. The lowest BCUT2D eigenvalue weighted by Gasteiger charge is -2.23. The van der Waals surface area contributed by atoms with Gasteiger partial charge in [-0.25, -0.2) is 0 Å². The maximum Gasteiger partial charge on any atom is 0.144 e. The first-order valence-corrected chi connectivity index (χ1v) is 6.06. The summed E-state index contributed by atoms with van der Waals surface area (Å²) in [6.07, 6.45) is 3.44. The molecule has 0 bridgehead atoms. The van der Waals surface area contributed by atoms with Crippen LogP contribution >= 0.6 is 23.2 Å². The molecule has 0 unspecified atom stereocenters. The average molecular weight is 283 g/mol. The molecule has 1 aromatic carbocycles. The Kier molecular flexibility index (Phi) is 3.94. The van der Waals surface area contributed by atoms with Crippen LogP contribution in [0.25, 0.3) is 0 Å². The van der Waals surface area contributed by atoms with Crippen molar-refractivity contribution < 1.29 is 4.74 Å². The second-order valence-electron chi connectivity index (χ2n) is 3.68. The molecule has 0 spiro atoms. The number of hydrogen-bond acceptors (Lipinski definition) is 3. The van der Waals surface area contributed by atoms with E-state index < -0.39 is 0 Å². The minimum atomic E-state index is 0.468. The summed E-state index contributed by atoms with van der Waals surface area (Å²) in [4.78, 5) is 5.90. The van der Waals surface area contributed by atoms with Gasteiger partial charge < -0.3 is 9.64 Å². The molecule has 0 saturated carbocycles. The summed E-state index contributed by atoms with van der Waals surface area (Å²) in [5, 5.41) is 0.962. The third-order valence-corrected chi connectivity index (χ3v) is 3.43. The molecule has 5 heteroatoms. The van der Waals surface area contributed by atoms with Gasteiger partial charge in [-0.2, -0.15) is 0 Å². The fourth-order valence-corrected chi connectivity index (χ4v) is 2.13. The number of hydrogen-bond donors (Lipinski definition) is 0. The molecule has 0 saturated heterocycles. The highest BCUT2D eigenvalue weighted by Gasteiger charge is 2.16. The fourth-order valence-electron chi connectivity index (χ4n) is 1.70. The number of pyridine rings is 1. The van der Waals surface area contributed by atoms with E-state index in [1.807, 2.05) is 24.1 Å². The van der Waals surface area contributed by atoms with Gasteiger partial charge in [-0.05, 0) is 24.3 Å². The molecular weight excluding hydrogens is 271 g/mol. The Morgan fingerprint density at radius 3 is 2.39 bits per heavy atom. The fraction of sp³-hybridized carbons (Fsp3) is 0.154. The third kappa shape index (κ3) is 2.37. The first kappa shape index (κ1) is 13.0. The van der Waals surface area contributed by atoms with Gasteiger partial charge >= 0.3 is 0 Å². The van der Waals surface area contributed by atoms with Gasteiger partial charge in [0.05, 0.1) is 17.2 Å². The number of methoxy groups -OCH3 is 1. The highest BCUT2D eigenvalue weighted by molar-refractivity contribution is 6.44. The van der Waals surface area contributed by atoms with Crippen molar-refractivity contribution in [3.05, 3.63) is 46.7 Å². The molecule has 0 atom stereocenters. The highest BCUT2D eigenvalue weighted by Crippen LogP contribution is 2.42. The molecule has 18 heavy (non-hydrogen) atoms. The SMILES string of the molecule is COc1ccc(Cl)c(Cl)c1N(C)c1ccncc1. The van der Waals surface area contributed by atoms with E-state index in [-0.39, 0.29) is 0 Å². The zero-order valence-electron chi connectivity index (χ0n) is 10.0. The van der Waals surface area contributed by atoms with Crippen molar-refractivity contribution >= 4 is 34.6 Å². The van der Waals surface area contributed by atoms with Crippen LogP contribution in [0.3, 0.4) is 0 Å². The predicted molar refractivity (Wildman–Crippen MR) is 75.3 cm³/mol. The van der Waals surface area contributed by atoms with Gasteiger partial charge in [0.25, 0.3) is 0 Å². The zero-order valence-corrected chi connectivity index (χ0v) is 11.5. The number of nitrogens with zero attached hydrogens (tertiary/aromatic N) is 2. The molecule has 3 nitrogen and oxygen atoms in total. The third-order valence-electron chi connectivity index (χ3n) is 2.64. The van der Waals surface area contributed by atoms with E-state index in [1.165, 1.54) is 0 Å². The van der Waals surface area contributed by atoms with E-state index in [0.29, 0.717) is 15.8 Å². The van der Waals surface area contributed by atoms with Crippen LogP contribution in [0.15, 0.2) is 36.7 Å². The van der Waals surface area contributed by atoms with Crippen molar-refractivity contribution in [1.82, 2.24) is 4.98 Å². The summed E-state index contributed by atoms with van der Waals surface area (Å²) in [5.74, 6) is 0.670. The van der Waals surface area contributed by atoms with Crippen molar-refractivity contribution in [2.24, 2.45) is 0 Å². The Balaban J connectivity index is 2.53. The second-order valence-corrected chi connectivity index (χ2v) is 4.46. The number of rotatable bonds is 3. The van der Waals surface area contributed by atoms with Gasteiger partial charge in [-0.3, -0.25) is 4.98 Å². The van der Waals surface area contributed by atoms with Gasteiger partial charge in [0.2, 0.25) is 0 Å². The summed E-state index contributed by atoms with van der Waals surface area (Å²) in [6, 6.07) is 7.28. The van der Waals surface area contributed by atoms with Crippen LogP contribution in [-0.4, -0.2) is 19.1 Å². The van der Waals surface area contributed by atoms with Crippen LogP contribution in [0.1, 0.15) is 0 Å². The van der Waals surface area contributed by atoms with E-state index in [2.05, 4.69) is 4.98 Å². The van der Waals surface area contributed by atoms with Crippen molar-refractivity contribution in [3.8, 4) is 5.75 Å². The smallest absolute Gasteiger partial charge is 0.144 e. The van der Waals surface area contributed by atoms with Crippen molar-refractivity contribution in [2.75, 3.05) is 19.1 Å².